The summed E-state index contributed by atoms with van der Waals surface area (Å²) in [6.07, 6.45) is 2.76. The third-order valence-electron chi connectivity index (χ3n) is 3.74. The van der Waals surface area contributed by atoms with E-state index in [1.807, 2.05) is 24.5 Å². The van der Waals surface area contributed by atoms with Gasteiger partial charge in [-0.1, -0.05) is 30.3 Å². The van der Waals surface area contributed by atoms with Gasteiger partial charge in [0.25, 0.3) is 0 Å². The average molecular weight is 394 g/mol. The van der Waals surface area contributed by atoms with Crippen LogP contribution in [0.1, 0.15) is 29.8 Å². The van der Waals surface area contributed by atoms with E-state index in [-0.39, 0.29) is 36.7 Å². The van der Waals surface area contributed by atoms with E-state index in [2.05, 4.69) is 24.4 Å². The summed E-state index contributed by atoms with van der Waals surface area (Å²) in [5, 5.41) is 3.27. The second kappa shape index (κ2) is 11.0. The van der Waals surface area contributed by atoms with E-state index >= 15 is 0 Å². The van der Waals surface area contributed by atoms with E-state index < -0.39 is 0 Å². The van der Waals surface area contributed by atoms with E-state index in [9.17, 15) is 9.59 Å². The van der Waals surface area contributed by atoms with Crippen molar-refractivity contribution in [3.63, 3.8) is 0 Å². The van der Waals surface area contributed by atoms with E-state index in [4.69, 9.17) is 4.74 Å². The fourth-order valence-electron chi connectivity index (χ4n) is 2.49. The Bertz CT molecular complexity index is 737. The van der Waals surface area contributed by atoms with Crippen LogP contribution in [0.15, 0.2) is 53.4 Å². The van der Waals surface area contributed by atoms with Crippen LogP contribution in [0.4, 0.5) is 0 Å². The summed E-state index contributed by atoms with van der Waals surface area (Å²) in [5.41, 5.74) is 1.85. The molecule has 2 aromatic carbocycles. The number of benzene rings is 2. The van der Waals surface area contributed by atoms with Gasteiger partial charge < -0.3 is 10.1 Å². The number of carbonyl (C=O) groups excluding carboxylic acids is 2. The van der Waals surface area contributed by atoms with Gasteiger partial charge in [0.1, 0.15) is 5.75 Å². The lowest BCUT2D eigenvalue weighted by atomic mass is 10.1. The van der Waals surface area contributed by atoms with Crippen LogP contribution in [0, 0.1) is 0 Å². The van der Waals surface area contributed by atoms with Gasteiger partial charge >= 0.3 is 5.97 Å². The molecule has 2 rings (SSSR count). The molecule has 0 amide bonds. The van der Waals surface area contributed by atoms with Crippen molar-refractivity contribution in [2.75, 3.05) is 12.8 Å². The van der Waals surface area contributed by atoms with Crippen molar-refractivity contribution < 1.29 is 14.3 Å². The monoisotopic (exact) mass is 393 g/mol. The molecule has 0 saturated carbocycles. The third kappa shape index (κ3) is 6.83. The lowest BCUT2D eigenvalue weighted by Gasteiger charge is -2.14. The summed E-state index contributed by atoms with van der Waals surface area (Å²) in [5.74, 6) is 0.136. The summed E-state index contributed by atoms with van der Waals surface area (Å²) in [4.78, 5) is 24.3. The zero-order valence-electron chi connectivity index (χ0n) is 15.2. The predicted octanol–water partition coefficient (Wildman–Crippen LogP) is 4.16. The van der Waals surface area contributed by atoms with Crippen molar-refractivity contribution in [1.29, 1.82) is 0 Å². The molecule has 0 aliphatic carbocycles. The van der Waals surface area contributed by atoms with Crippen LogP contribution in [0.25, 0.3) is 0 Å². The maximum atomic E-state index is 12.4. The summed E-state index contributed by atoms with van der Waals surface area (Å²) < 4.78 is 5.15. The van der Waals surface area contributed by atoms with Crippen LogP contribution >= 0.6 is 24.2 Å². The molecule has 140 valence electrons. The SMILES string of the molecule is CSc1cc(C(=O)CNC(C)Cc2ccccc2)ccc1OC(C)=O.Cl. The smallest absolute Gasteiger partial charge is 0.308 e. The number of thioether (sulfide) groups is 1. The minimum atomic E-state index is -0.370. The molecule has 4 nitrogen and oxygen atoms in total. The molecular weight excluding hydrogens is 370 g/mol. The molecule has 1 unspecified atom stereocenters. The molecule has 0 bridgehead atoms. The maximum absolute atomic E-state index is 12.4. The Labute approximate surface area is 165 Å². The van der Waals surface area contributed by atoms with Gasteiger partial charge in [-0.05, 0) is 43.4 Å². The Morgan fingerprint density at radius 2 is 1.85 bits per heavy atom. The van der Waals surface area contributed by atoms with Crippen molar-refractivity contribution in [3.8, 4) is 5.75 Å². The van der Waals surface area contributed by atoms with Crippen molar-refractivity contribution >= 4 is 35.9 Å². The van der Waals surface area contributed by atoms with Gasteiger partial charge in [-0.15, -0.1) is 24.2 Å². The summed E-state index contributed by atoms with van der Waals surface area (Å²) in [6.45, 7) is 3.70. The molecule has 0 aliphatic rings. The molecule has 0 aromatic heterocycles. The van der Waals surface area contributed by atoms with Gasteiger partial charge in [-0.3, -0.25) is 9.59 Å². The Morgan fingerprint density at radius 3 is 2.46 bits per heavy atom. The quantitative estimate of drug-likeness (QED) is 0.316. The minimum absolute atomic E-state index is 0. The largest absolute Gasteiger partial charge is 0.426 e. The van der Waals surface area contributed by atoms with Crippen molar-refractivity contribution in [1.82, 2.24) is 5.32 Å². The number of halogens is 1. The van der Waals surface area contributed by atoms with E-state index in [1.165, 1.54) is 24.2 Å². The highest BCUT2D eigenvalue weighted by molar-refractivity contribution is 7.98. The Hall–Kier alpha value is -1.82. The first-order chi connectivity index (χ1) is 12.0. The highest BCUT2D eigenvalue weighted by Crippen LogP contribution is 2.29. The van der Waals surface area contributed by atoms with Crippen LogP contribution in [-0.4, -0.2) is 30.6 Å². The van der Waals surface area contributed by atoms with Crippen LogP contribution in [0.2, 0.25) is 0 Å². The number of ether oxygens (including phenoxy) is 1. The topological polar surface area (TPSA) is 55.4 Å². The molecule has 26 heavy (non-hydrogen) atoms. The Balaban J connectivity index is 0.00000338. The van der Waals surface area contributed by atoms with Gasteiger partial charge in [0.15, 0.2) is 5.78 Å². The molecule has 1 N–H and O–H groups in total. The van der Waals surface area contributed by atoms with Crippen molar-refractivity contribution in [2.24, 2.45) is 0 Å². The van der Waals surface area contributed by atoms with E-state index in [0.29, 0.717) is 11.3 Å². The number of Topliss-reactive ketones (excluding diaryl/α,β-unsaturated/α-hetero) is 1. The fraction of sp³-hybridized carbons (Fsp3) is 0.300. The molecule has 0 spiro atoms. The standard InChI is InChI=1S/C20H23NO3S.ClH/c1-14(11-16-7-5-4-6-8-16)21-13-18(23)17-9-10-19(24-15(2)22)20(12-17)25-3;/h4-10,12,14,21H,11,13H2,1-3H3;1H. The lowest BCUT2D eigenvalue weighted by Crippen LogP contribution is -2.33. The summed E-state index contributed by atoms with van der Waals surface area (Å²) >= 11 is 1.45. The molecule has 0 heterocycles. The first kappa shape index (κ1) is 22.2. The zero-order valence-corrected chi connectivity index (χ0v) is 16.8. The first-order valence-corrected chi connectivity index (χ1v) is 9.39. The summed E-state index contributed by atoms with van der Waals surface area (Å²) in [6, 6.07) is 15.5. The van der Waals surface area contributed by atoms with Crippen molar-refractivity contribution in [3.05, 3.63) is 59.7 Å². The molecular formula is C20H24ClNO3S. The lowest BCUT2D eigenvalue weighted by molar-refractivity contribution is -0.132. The van der Waals surface area contributed by atoms with Gasteiger partial charge in [-0.2, -0.15) is 0 Å². The minimum Gasteiger partial charge on any atom is -0.426 e. The molecule has 0 saturated heterocycles. The van der Waals surface area contributed by atoms with Gasteiger partial charge in [0, 0.05) is 18.5 Å². The number of nitrogens with one attached hydrogen (secondary N) is 1. The molecule has 6 heteroatoms. The number of carbonyl (C=O) groups is 2. The van der Waals surface area contributed by atoms with Crippen LogP contribution in [0.5, 0.6) is 5.75 Å². The zero-order chi connectivity index (χ0) is 18.2. The first-order valence-electron chi connectivity index (χ1n) is 8.16. The highest BCUT2D eigenvalue weighted by Gasteiger charge is 2.13. The van der Waals surface area contributed by atoms with E-state index in [0.717, 1.165) is 11.3 Å². The van der Waals surface area contributed by atoms with Gasteiger partial charge in [0.2, 0.25) is 0 Å². The van der Waals surface area contributed by atoms with Crippen LogP contribution < -0.4 is 10.1 Å². The predicted molar refractivity (Wildman–Crippen MR) is 109 cm³/mol. The van der Waals surface area contributed by atoms with Crippen LogP contribution in [-0.2, 0) is 11.2 Å². The number of hydrogen-bond donors (Lipinski definition) is 1. The number of rotatable bonds is 8. The van der Waals surface area contributed by atoms with E-state index in [1.54, 1.807) is 18.2 Å². The highest BCUT2D eigenvalue weighted by atomic mass is 35.5. The molecule has 1 atom stereocenters. The third-order valence-corrected chi connectivity index (χ3v) is 4.49. The summed E-state index contributed by atoms with van der Waals surface area (Å²) in [7, 11) is 0. The molecule has 2 aromatic rings. The molecule has 0 fully saturated rings. The average Bonchev–Trinajstić information content (AvgIpc) is 2.60. The van der Waals surface area contributed by atoms with Crippen molar-refractivity contribution in [2.45, 2.75) is 31.2 Å². The number of ketones is 1. The second-order valence-electron chi connectivity index (χ2n) is 5.85. The van der Waals surface area contributed by atoms with Gasteiger partial charge in [-0.25, -0.2) is 0 Å². The molecule has 0 aliphatic heterocycles. The Kier molecular flexibility index (Phi) is 9.41. The maximum Gasteiger partial charge on any atom is 0.308 e. The fourth-order valence-corrected chi connectivity index (χ4v) is 3.04. The Morgan fingerprint density at radius 1 is 1.15 bits per heavy atom. The normalized spacial score (nSPS) is 11.3. The number of esters is 1. The second-order valence-corrected chi connectivity index (χ2v) is 6.70. The van der Waals surface area contributed by atoms with Crippen LogP contribution in [0.3, 0.4) is 0 Å². The van der Waals surface area contributed by atoms with Gasteiger partial charge in [0.05, 0.1) is 11.4 Å². The number of hydrogen-bond acceptors (Lipinski definition) is 5. The molecule has 0 radical (unpaired) electrons.